The number of aryl methyl sites for hydroxylation is 1. The van der Waals surface area contributed by atoms with E-state index < -0.39 is 0 Å². The molecule has 1 amide bonds. The summed E-state index contributed by atoms with van der Waals surface area (Å²) in [5, 5.41) is 5.37. The number of para-hydroxylation sites is 1. The van der Waals surface area contributed by atoms with Crippen molar-refractivity contribution in [1.82, 2.24) is 9.97 Å². The van der Waals surface area contributed by atoms with Crippen LogP contribution in [0.5, 0.6) is 0 Å². The molecule has 0 saturated heterocycles. The summed E-state index contributed by atoms with van der Waals surface area (Å²) in [6.45, 7) is 4.07. The maximum Gasteiger partial charge on any atom is 0.239 e. The minimum Gasteiger partial charge on any atom is -0.301 e. The number of nitrogens with zero attached hydrogens (tertiary/aromatic N) is 2. The minimum absolute atomic E-state index is 0.0340. The lowest BCUT2D eigenvalue weighted by atomic mass is 10.2. The van der Waals surface area contributed by atoms with Gasteiger partial charge in [-0.25, -0.2) is 9.97 Å². The van der Waals surface area contributed by atoms with Gasteiger partial charge in [0.15, 0.2) is 5.13 Å². The van der Waals surface area contributed by atoms with Crippen molar-refractivity contribution in [2.24, 2.45) is 0 Å². The van der Waals surface area contributed by atoms with Gasteiger partial charge in [0.1, 0.15) is 0 Å². The lowest BCUT2D eigenvalue weighted by Crippen LogP contribution is -2.24. The maximum absolute atomic E-state index is 12.8. The van der Waals surface area contributed by atoms with E-state index in [2.05, 4.69) is 28.3 Å². The highest BCUT2D eigenvalue weighted by atomic mass is 32.2. The van der Waals surface area contributed by atoms with Crippen molar-refractivity contribution < 1.29 is 4.79 Å². The molecule has 2 aromatic heterocycles. The predicted molar refractivity (Wildman–Crippen MR) is 115 cm³/mol. The van der Waals surface area contributed by atoms with Crippen molar-refractivity contribution >= 4 is 55.3 Å². The van der Waals surface area contributed by atoms with Crippen LogP contribution in [-0.2, 0) is 4.79 Å². The quantitative estimate of drug-likeness (QED) is 0.444. The second kappa shape index (κ2) is 7.66. The van der Waals surface area contributed by atoms with Gasteiger partial charge in [-0.1, -0.05) is 60.4 Å². The second-order valence-electron chi connectivity index (χ2n) is 6.34. The first-order valence-electron chi connectivity index (χ1n) is 8.83. The van der Waals surface area contributed by atoms with Crippen molar-refractivity contribution in [3.05, 3.63) is 60.2 Å². The first kappa shape index (κ1) is 17.9. The fourth-order valence-electron chi connectivity index (χ4n) is 2.85. The number of rotatable bonds is 5. The molecule has 4 aromatic rings. The highest BCUT2D eigenvalue weighted by Crippen LogP contribution is 2.30. The third-order valence-electron chi connectivity index (χ3n) is 4.27. The standard InChI is InChI=1S/C21H19N3OS2/c1-3-17(26-19-11-9-14-6-4-5-7-15(14)22-19)20(25)24-21-23-16-10-8-13(2)12-18(16)27-21/h4-12,17H,3H2,1-2H3,(H,23,24,25). The Balaban J connectivity index is 1.51. The van der Waals surface area contributed by atoms with Gasteiger partial charge in [-0.3, -0.25) is 4.79 Å². The average molecular weight is 394 g/mol. The lowest BCUT2D eigenvalue weighted by molar-refractivity contribution is -0.115. The molecule has 0 bridgehead atoms. The van der Waals surface area contributed by atoms with Crippen LogP contribution in [0.4, 0.5) is 5.13 Å². The molecule has 2 heterocycles. The number of thiazole rings is 1. The number of nitrogens with one attached hydrogen (secondary N) is 1. The number of hydrogen-bond donors (Lipinski definition) is 1. The SMILES string of the molecule is CCC(Sc1ccc2ccccc2n1)C(=O)Nc1nc2ccc(C)cc2s1. The maximum atomic E-state index is 12.8. The number of hydrogen-bond acceptors (Lipinski definition) is 5. The van der Waals surface area contributed by atoms with Gasteiger partial charge in [0.25, 0.3) is 0 Å². The van der Waals surface area contributed by atoms with Crippen molar-refractivity contribution in [2.45, 2.75) is 30.5 Å². The van der Waals surface area contributed by atoms with E-state index in [1.807, 2.05) is 55.5 Å². The Bertz CT molecular complexity index is 1120. The molecule has 6 heteroatoms. The number of benzene rings is 2. The van der Waals surface area contributed by atoms with Crippen LogP contribution >= 0.6 is 23.1 Å². The van der Waals surface area contributed by atoms with Gasteiger partial charge in [0.2, 0.25) is 5.91 Å². The number of pyridine rings is 1. The zero-order valence-corrected chi connectivity index (χ0v) is 16.7. The summed E-state index contributed by atoms with van der Waals surface area (Å²) in [7, 11) is 0. The number of aromatic nitrogens is 2. The molecular weight excluding hydrogens is 374 g/mol. The van der Waals surface area contributed by atoms with Crippen LogP contribution in [0.3, 0.4) is 0 Å². The van der Waals surface area contributed by atoms with Gasteiger partial charge in [0, 0.05) is 5.39 Å². The molecule has 0 saturated carbocycles. The normalized spacial score (nSPS) is 12.4. The topological polar surface area (TPSA) is 54.9 Å². The van der Waals surface area contributed by atoms with E-state index in [0.717, 1.165) is 32.6 Å². The molecule has 4 nitrogen and oxygen atoms in total. The largest absolute Gasteiger partial charge is 0.301 e. The van der Waals surface area contributed by atoms with Crippen LogP contribution in [-0.4, -0.2) is 21.1 Å². The summed E-state index contributed by atoms with van der Waals surface area (Å²) in [5.74, 6) is -0.0340. The van der Waals surface area contributed by atoms with E-state index in [9.17, 15) is 4.79 Å². The molecule has 1 atom stereocenters. The molecule has 0 aliphatic rings. The summed E-state index contributed by atoms with van der Waals surface area (Å²) in [4.78, 5) is 21.9. The molecule has 27 heavy (non-hydrogen) atoms. The molecular formula is C21H19N3OS2. The summed E-state index contributed by atoms with van der Waals surface area (Å²) in [6.07, 6.45) is 0.717. The van der Waals surface area contributed by atoms with E-state index in [4.69, 9.17) is 0 Å². The van der Waals surface area contributed by atoms with Crippen molar-refractivity contribution in [1.29, 1.82) is 0 Å². The number of carbonyl (C=O) groups excluding carboxylic acids is 1. The van der Waals surface area contributed by atoms with E-state index in [0.29, 0.717) is 5.13 Å². The fraction of sp³-hybridized carbons (Fsp3) is 0.190. The highest BCUT2D eigenvalue weighted by Gasteiger charge is 2.20. The zero-order valence-electron chi connectivity index (χ0n) is 15.1. The number of thioether (sulfide) groups is 1. The fourth-order valence-corrected chi connectivity index (χ4v) is 4.74. The summed E-state index contributed by atoms with van der Waals surface area (Å²) in [6, 6.07) is 18.1. The molecule has 0 fully saturated rings. The molecule has 4 rings (SSSR count). The van der Waals surface area contributed by atoms with E-state index in [1.165, 1.54) is 28.7 Å². The average Bonchev–Trinajstić information content (AvgIpc) is 3.07. The van der Waals surface area contributed by atoms with Gasteiger partial charge >= 0.3 is 0 Å². The van der Waals surface area contributed by atoms with Crippen molar-refractivity contribution in [2.75, 3.05) is 5.32 Å². The smallest absolute Gasteiger partial charge is 0.239 e. The monoisotopic (exact) mass is 393 g/mol. The van der Waals surface area contributed by atoms with Gasteiger partial charge < -0.3 is 5.32 Å². The van der Waals surface area contributed by atoms with Crippen LogP contribution in [0.1, 0.15) is 18.9 Å². The molecule has 0 spiro atoms. The first-order valence-corrected chi connectivity index (χ1v) is 10.5. The second-order valence-corrected chi connectivity index (χ2v) is 8.59. The van der Waals surface area contributed by atoms with Crippen LogP contribution in [0, 0.1) is 6.92 Å². The Hall–Kier alpha value is -2.44. The minimum atomic E-state index is -0.215. The molecule has 0 radical (unpaired) electrons. The third-order valence-corrected chi connectivity index (χ3v) is 6.51. The molecule has 1 unspecified atom stereocenters. The van der Waals surface area contributed by atoms with Crippen LogP contribution < -0.4 is 5.32 Å². The van der Waals surface area contributed by atoms with Gasteiger partial charge in [-0.15, -0.1) is 0 Å². The number of anilines is 1. The summed E-state index contributed by atoms with van der Waals surface area (Å²) in [5.41, 5.74) is 3.05. The van der Waals surface area contributed by atoms with E-state index >= 15 is 0 Å². The van der Waals surface area contributed by atoms with Crippen molar-refractivity contribution in [3.63, 3.8) is 0 Å². The Morgan fingerprint density at radius 2 is 1.96 bits per heavy atom. The highest BCUT2D eigenvalue weighted by molar-refractivity contribution is 8.00. The van der Waals surface area contributed by atoms with Crippen LogP contribution in [0.15, 0.2) is 59.6 Å². The Labute approximate surface area is 166 Å². The lowest BCUT2D eigenvalue weighted by Gasteiger charge is -2.13. The Morgan fingerprint density at radius 3 is 2.81 bits per heavy atom. The van der Waals surface area contributed by atoms with E-state index in [-0.39, 0.29) is 11.2 Å². The Kier molecular flexibility index (Phi) is 5.09. The third kappa shape index (κ3) is 3.96. The molecule has 136 valence electrons. The van der Waals surface area contributed by atoms with Crippen LogP contribution in [0.2, 0.25) is 0 Å². The molecule has 1 N–H and O–H groups in total. The number of amides is 1. The predicted octanol–water partition coefficient (Wildman–Crippen LogP) is 5.66. The van der Waals surface area contributed by atoms with Gasteiger partial charge in [-0.05, 0) is 43.2 Å². The molecule has 0 aliphatic heterocycles. The van der Waals surface area contributed by atoms with Gasteiger partial charge in [-0.2, -0.15) is 0 Å². The van der Waals surface area contributed by atoms with Gasteiger partial charge in [0.05, 0.1) is 26.0 Å². The van der Waals surface area contributed by atoms with E-state index in [1.54, 1.807) is 0 Å². The first-order chi connectivity index (χ1) is 13.1. The summed E-state index contributed by atoms with van der Waals surface area (Å²) >= 11 is 3.00. The molecule has 2 aromatic carbocycles. The zero-order chi connectivity index (χ0) is 18.8. The number of carbonyl (C=O) groups is 1. The van der Waals surface area contributed by atoms with Crippen LogP contribution in [0.25, 0.3) is 21.1 Å². The van der Waals surface area contributed by atoms with Crippen molar-refractivity contribution in [3.8, 4) is 0 Å². The summed E-state index contributed by atoms with van der Waals surface area (Å²) < 4.78 is 1.09. The number of fused-ring (bicyclic) bond motifs is 2. The Morgan fingerprint density at radius 1 is 1.11 bits per heavy atom. The molecule has 0 aliphatic carbocycles.